The van der Waals surface area contributed by atoms with Crippen molar-refractivity contribution in [2.75, 3.05) is 18.0 Å². The minimum Gasteiger partial charge on any atom is -0.352 e. The van der Waals surface area contributed by atoms with Gasteiger partial charge in [0.1, 0.15) is 5.82 Å². The Morgan fingerprint density at radius 1 is 1.10 bits per heavy atom. The van der Waals surface area contributed by atoms with Crippen LogP contribution in [-0.2, 0) is 6.54 Å². The van der Waals surface area contributed by atoms with Crippen LogP contribution in [0.3, 0.4) is 0 Å². The van der Waals surface area contributed by atoms with Crippen molar-refractivity contribution in [1.82, 2.24) is 15.3 Å². The normalized spacial score (nSPS) is 11.4. The summed E-state index contributed by atoms with van der Waals surface area (Å²) >= 11 is 0. The topological polar surface area (TPSA) is 41.1 Å². The summed E-state index contributed by atoms with van der Waals surface area (Å²) < 4.78 is 0. The Labute approximate surface area is 130 Å². The van der Waals surface area contributed by atoms with Crippen molar-refractivity contribution in [2.24, 2.45) is 5.92 Å². The van der Waals surface area contributed by atoms with Crippen LogP contribution in [0.5, 0.6) is 0 Å². The number of hydrogen-bond acceptors (Lipinski definition) is 4. The summed E-state index contributed by atoms with van der Waals surface area (Å²) in [6.07, 6.45) is 7.27. The molecule has 0 unspecified atom stereocenters. The van der Waals surface area contributed by atoms with Crippen LogP contribution in [0, 0.1) is 5.92 Å². The number of rotatable bonds is 10. The molecule has 1 aromatic rings. The van der Waals surface area contributed by atoms with Crippen LogP contribution in [0.4, 0.5) is 5.82 Å². The van der Waals surface area contributed by atoms with Gasteiger partial charge in [-0.05, 0) is 31.7 Å². The molecule has 0 radical (unpaired) electrons. The van der Waals surface area contributed by atoms with E-state index in [1.165, 1.54) is 0 Å². The van der Waals surface area contributed by atoms with E-state index in [1.54, 1.807) is 0 Å². The monoisotopic (exact) mass is 292 g/mol. The fraction of sp³-hybridized carbons (Fsp3) is 0.765. The maximum Gasteiger partial charge on any atom is 0.147 e. The van der Waals surface area contributed by atoms with Gasteiger partial charge in [0.15, 0.2) is 0 Å². The van der Waals surface area contributed by atoms with Gasteiger partial charge in [0.25, 0.3) is 0 Å². The first-order valence-corrected chi connectivity index (χ1v) is 8.40. The van der Waals surface area contributed by atoms with E-state index in [2.05, 4.69) is 54.8 Å². The first kappa shape index (κ1) is 17.9. The minimum atomic E-state index is 0.547. The summed E-state index contributed by atoms with van der Waals surface area (Å²) in [6, 6.07) is 0.547. The molecule has 0 fully saturated rings. The Morgan fingerprint density at radius 2 is 1.81 bits per heavy atom. The van der Waals surface area contributed by atoms with Gasteiger partial charge in [-0.15, -0.1) is 0 Å². The molecule has 0 aliphatic carbocycles. The third kappa shape index (κ3) is 6.00. The number of aromatic nitrogens is 2. The highest BCUT2D eigenvalue weighted by molar-refractivity contribution is 5.37. The lowest BCUT2D eigenvalue weighted by Crippen LogP contribution is -2.38. The molecule has 0 bridgehead atoms. The summed E-state index contributed by atoms with van der Waals surface area (Å²) in [5, 5.41) is 3.36. The van der Waals surface area contributed by atoms with Crippen molar-refractivity contribution in [3.8, 4) is 0 Å². The predicted octanol–water partition coefficient (Wildman–Crippen LogP) is 3.63. The number of nitrogens with one attached hydrogen (secondary N) is 1. The second-order valence-electron chi connectivity index (χ2n) is 6.06. The van der Waals surface area contributed by atoms with Crippen molar-refractivity contribution in [3.05, 3.63) is 18.1 Å². The lowest BCUT2D eigenvalue weighted by Gasteiger charge is -2.32. The zero-order chi connectivity index (χ0) is 15.7. The molecule has 1 N–H and O–H groups in total. The summed E-state index contributed by atoms with van der Waals surface area (Å²) in [5.41, 5.74) is 1.02. The average Bonchev–Trinajstić information content (AvgIpc) is 2.48. The fourth-order valence-electron chi connectivity index (χ4n) is 2.53. The van der Waals surface area contributed by atoms with Gasteiger partial charge in [-0.25, -0.2) is 4.98 Å². The molecule has 0 aliphatic heterocycles. The SMILES string of the molecule is CCCNCc1cnc(N(CC(C)C)C(CC)CC)cn1. The van der Waals surface area contributed by atoms with Crippen LogP contribution in [-0.4, -0.2) is 29.1 Å². The third-order valence-electron chi connectivity index (χ3n) is 3.66. The van der Waals surface area contributed by atoms with Crippen molar-refractivity contribution < 1.29 is 0 Å². The second kappa shape index (κ2) is 9.72. The zero-order valence-electron chi connectivity index (χ0n) is 14.4. The van der Waals surface area contributed by atoms with Crippen LogP contribution in [0.1, 0.15) is 59.6 Å². The molecule has 4 heteroatoms. The molecule has 0 aliphatic rings. The highest BCUT2D eigenvalue weighted by Crippen LogP contribution is 2.19. The quantitative estimate of drug-likeness (QED) is 0.669. The number of hydrogen-bond donors (Lipinski definition) is 1. The predicted molar refractivity (Wildman–Crippen MR) is 90.6 cm³/mol. The van der Waals surface area contributed by atoms with Crippen LogP contribution < -0.4 is 10.2 Å². The van der Waals surface area contributed by atoms with E-state index in [0.29, 0.717) is 12.0 Å². The van der Waals surface area contributed by atoms with Gasteiger partial charge < -0.3 is 10.2 Å². The van der Waals surface area contributed by atoms with E-state index in [1.807, 2.05) is 12.4 Å². The highest BCUT2D eigenvalue weighted by Gasteiger charge is 2.18. The maximum atomic E-state index is 4.65. The Morgan fingerprint density at radius 3 is 2.29 bits per heavy atom. The Bertz CT molecular complexity index is 371. The van der Waals surface area contributed by atoms with Gasteiger partial charge in [-0.1, -0.05) is 34.6 Å². The fourth-order valence-corrected chi connectivity index (χ4v) is 2.53. The molecule has 1 aromatic heterocycles. The van der Waals surface area contributed by atoms with E-state index in [-0.39, 0.29) is 0 Å². The maximum absolute atomic E-state index is 4.65. The van der Waals surface area contributed by atoms with Gasteiger partial charge in [-0.2, -0.15) is 0 Å². The Balaban J connectivity index is 2.77. The number of anilines is 1. The lowest BCUT2D eigenvalue weighted by molar-refractivity contribution is 0.502. The zero-order valence-corrected chi connectivity index (χ0v) is 14.4. The molecule has 21 heavy (non-hydrogen) atoms. The van der Waals surface area contributed by atoms with Gasteiger partial charge in [0.2, 0.25) is 0 Å². The van der Waals surface area contributed by atoms with E-state index in [9.17, 15) is 0 Å². The summed E-state index contributed by atoms with van der Waals surface area (Å²) in [5.74, 6) is 1.63. The average molecular weight is 292 g/mol. The van der Waals surface area contributed by atoms with Gasteiger partial charge in [0, 0.05) is 19.1 Å². The molecule has 1 heterocycles. The second-order valence-corrected chi connectivity index (χ2v) is 6.06. The summed E-state index contributed by atoms with van der Waals surface area (Å²) in [6.45, 7) is 14.0. The molecule has 1 rings (SSSR count). The van der Waals surface area contributed by atoms with E-state index < -0.39 is 0 Å². The molecule has 120 valence electrons. The van der Waals surface area contributed by atoms with Crippen LogP contribution >= 0.6 is 0 Å². The van der Waals surface area contributed by atoms with Crippen molar-refractivity contribution in [1.29, 1.82) is 0 Å². The van der Waals surface area contributed by atoms with Crippen LogP contribution in [0.25, 0.3) is 0 Å². The third-order valence-corrected chi connectivity index (χ3v) is 3.66. The molecule has 0 saturated carbocycles. The van der Waals surface area contributed by atoms with Crippen LogP contribution in [0.2, 0.25) is 0 Å². The Hall–Kier alpha value is -1.16. The molecular weight excluding hydrogens is 260 g/mol. The standard InChI is InChI=1S/C17H32N4/c1-6-9-18-10-15-11-20-17(12-19-15)21(13-14(4)5)16(7-2)8-3/h11-12,14,16,18H,6-10,13H2,1-5H3. The Kier molecular flexibility index (Phi) is 8.28. The van der Waals surface area contributed by atoms with Gasteiger partial charge >= 0.3 is 0 Å². The lowest BCUT2D eigenvalue weighted by atomic mass is 10.1. The largest absolute Gasteiger partial charge is 0.352 e. The molecule has 0 amide bonds. The van der Waals surface area contributed by atoms with Crippen molar-refractivity contribution in [2.45, 2.75) is 66.5 Å². The van der Waals surface area contributed by atoms with E-state index in [0.717, 1.165) is 50.4 Å². The van der Waals surface area contributed by atoms with E-state index in [4.69, 9.17) is 0 Å². The van der Waals surface area contributed by atoms with E-state index >= 15 is 0 Å². The van der Waals surface area contributed by atoms with Gasteiger partial charge in [0.05, 0.1) is 18.1 Å². The molecule has 0 saturated heterocycles. The molecular formula is C17H32N4. The molecule has 0 spiro atoms. The minimum absolute atomic E-state index is 0.547. The highest BCUT2D eigenvalue weighted by atomic mass is 15.2. The summed E-state index contributed by atoms with van der Waals surface area (Å²) in [4.78, 5) is 11.6. The first-order chi connectivity index (χ1) is 10.1. The summed E-state index contributed by atoms with van der Waals surface area (Å²) in [7, 11) is 0. The molecule has 0 aromatic carbocycles. The van der Waals surface area contributed by atoms with Crippen LogP contribution in [0.15, 0.2) is 12.4 Å². The van der Waals surface area contributed by atoms with Crippen molar-refractivity contribution in [3.63, 3.8) is 0 Å². The molecule has 0 atom stereocenters. The number of nitrogens with zero attached hydrogens (tertiary/aromatic N) is 3. The van der Waals surface area contributed by atoms with Gasteiger partial charge in [-0.3, -0.25) is 4.98 Å². The smallest absolute Gasteiger partial charge is 0.147 e. The van der Waals surface area contributed by atoms with Crippen molar-refractivity contribution >= 4 is 5.82 Å². The first-order valence-electron chi connectivity index (χ1n) is 8.40. The molecule has 4 nitrogen and oxygen atoms in total.